The van der Waals surface area contributed by atoms with Crippen molar-refractivity contribution in [2.24, 2.45) is 0 Å². The lowest BCUT2D eigenvalue weighted by Crippen LogP contribution is -2.33. The number of aromatic nitrogens is 2. The van der Waals surface area contributed by atoms with Crippen LogP contribution < -0.4 is 10.3 Å². The molecule has 3 aromatic rings. The molecule has 0 aliphatic rings. The molecule has 1 unspecified atom stereocenters. The van der Waals surface area contributed by atoms with Crippen molar-refractivity contribution in [1.29, 1.82) is 0 Å². The molecule has 0 amide bonds. The summed E-state index contributed by atoms with van der Waals surface area (Å²) in [5, 5.41) is 4.34. The Bertz CT molecular complexity index is 1070. The molecule has 0 radical (unpaired) electrons. The van der Waals surface area contributed by atoms with Gasteiger partial charge in [-0.05, 0) is 55.3 Å². The van der Waals surface area contributed by atoms with Crippen molar-refractivity contribution >= 4 is 21.7 Å². The summed E-state index contributed by atoms with van der Waals surface area (Å²) >= 11 is 3.39. The van der Waals surface area contributed by atoms with E-state index >= 15 is 0 Å². The summed E-state index contributed by atoms with van der Waals surface area (Å²) < 4.78 is 7.53. The first-order valence-electron chi connectivity index (χ1n) is 9.37. The number of ether oxygens (including phenoxy) is 1. The number of nitrogens with zero attached hydrogens (tertiary/aromatic N) is 2. The zero-order valence-electron chi connectivity index (χ0n) is 16.7. The SMILES string of the molecule is COc1cccc(Cc2cc(C)nn(C(C)C(=O)Cc3ccc(Br)cc3)c2=O)c1. The first-order chi connectivity index (χ1) is 13.9. The van der Waals surface area contributed by atoms with E-state index < -0.39 is 6.04 Å². The van der Waals surface area contributed by atoms with Gasteiger partial charge in [0, 0.05) is 22.9 Å². The average molecular weight is 455 g/mol. The van der Waals surface area contributed by atoms with Crippen molar-refractivity contribution in [1.82, 2.24) is 9.78 Å². The van der Waals surface area contributed by atoms with Crippen LogP contribution in [-0.4, -0.2) is 22.7 Å². The van der Waals surface area contributed by atoms with Crippen molar-refractivity contribution in [3.05, 3.63) is 91.8 Å². The molecule has 0 spiro atoms. The summed E-state index contributed by atoms with van der Waals surface area (Å²) in [4.78, 5) is 25.8. The third-order valence-corrected chi connectivity index (χ3v) is 5.31. The molecule has 0 bridgehead atoms. The maximum Gasteiger partial charge on any atom is 0.270 e. The van der Waals surface area contributed by atoms with E-state index in [0.29, 0.717) is 17.7 Å². The highest BCUT2D eigenvalue weighted by Crippen LogP contribution is 2.17. The topological polar surface area (TPSA) is 61.2 Å². The van der Waals surface area contributed by atoms with Crippen LogP contribution in [0.4, 0.5) is 0 Å². The van der Waals surface area contributed by atoms with Gasteiger partial charge in [-0.15, -0.1) is 0 Å². The molecule has 3 rings (SSSR count). The van der Waals surface area contributed by atoms with Gasteiger partial charge >= 0.3 is 0 Å². The van der Waals surface area contributed by atoms with Gasteiger partial charge in [-0.25, -0.2) is 4.68 Å². The van der Waals surface area contributed by atoms with E-state index in [4.69, 9.17) is 4.74 Å². The number of halogens is 1. The number of ketones is 1. The summed E-state index contributed by atoms with van der Waals surface area (Å²) in [6, 6.07) is 16.3. The number of aryl methyl sites for hydroxylation is 1. The lowest BCUT2D eigenvalue weighted by atomic mass is 10.0. The van der Waals surface area contributed by atoms with Crippen molar-refractivity contribution < 1.29 is 9.53 Å². The molecule has 2 aromatic carbocycles. The fraction of sp³-hybridized carbons (Fsp3) is 0.261. The van der Waals surface area contributed by atoms with Gasteiger partial charge in [0.05, 0.1) is 12.8 Å². The summed E-state index contributed by atoms with van der Waals surface area (Å²) in [7, 11) is 1.61. The molecular formula is C23H23BrN2O3. The number of Topliss-reactive ketones (excluding diaryl/α,β-unsaturated/α-hetero) is 1. The van der Waals surface area contributed by atoms with Gasteiger partial charge in [0.25, 0.3) is 5.56 Å². The number of methoxy groups -OCH3 is 1. The van der Waals surface area contributed by atoms with Gasteiger partial charge in [-0.2, -0.15) is 5.10 Å². The van der Waals surface area contributed by atoms with E-state index in [1.54, 1.807) is 20.1 Å². The van der Waals surface area contributed by atoms with Crippen LogP contribution in [0.15, 0.2) is 63.9 Å². The quantitative estimate of drug-likeness (QED) is 0.534. The van der Waals surface area contributed by atoms with Crippen molar-refractivity contribution in [2.75, 3.05) is 7.11 Å². The van der Waals surface area contributed by atoms with E-state index in [9.17, 15) is 9.59 Å². The van der Waals surface area contributed by atoms with Crippen molar-refractivity contribution in [3.63, 3.8) is 0 Å². The van der Waals surface area contributed by atoms with Gasteiger partial charge in [-0.3, -0.25) is 9.59 Å². The summed E-state index contributed by atoms with van der Waals surface area (Å²) in [5.41, 5.74) is 2.93. The fourth-order valence-electron chi connectivity index (χ4n) is 3.18. The molecule has 1 heterocycles. The van der Waals surface area contributed by atoms with Crippen molar-refractivity contribution in [2.45, 2.75) is 32.7 Å². The predicted octanol–water partition coefficient (Wildman–Crippen LogP) is 4.29. The van der Waals surface area contributed by atoms with E-state index in [-0.39, 0.29) is 17.8 Å². The Kier molecular flexibility index (Phi) is 6.64. The number of benzene rings is 2. The van der Waals surface area contributed by atoms with Crippen LogP contribution in [-0.2, 0) is 17.6 Å². The molecule has 150 valence electrons. The Morgan fingerprint density at radius 1 is 1.14 bits per heavy atom. The third kappa shape index (κ3) is 5.21. The molecule has 29 heavy (non-hydrogen) atoms. The largest absolute Gasteiger partial charge is 0.497 e. The summed E-state index contributed by atoms with van der Waals surface area (Å²) in [6.07, 6.45) is 0.703. The Hall–Kier alpha value is -2.73. The van der Waals surface area contributed by atoms with Gasteiger partial charge in [0.1, 0.15) is 11.8 Å². The van der Waals surface area contributed by atoms with Crippen LogP contribution in [0.2, 0.25) is 0 Å². The molecule has 5 nitrogen and oxygen atoms in total. The van der Waals surface area contributed by atoms with Crippen LogP contribution in [0.5, 0.6) is 5.75 Å². The van der Waals surface area contributed by atoms with Gasteiger partial charge < -0.3 is 4.74 Å². The normalized spacial score (nSPS) is 11.9. The van der Waals surface area contributed by atoms with Crippen LogP contribution in [0.1, 0.15) is 35.3 Å². The maximum absolute atomic E-state index is 13.0. The monoisotopic (exact) mass is 454 g/mol. The molecule has 1 aromatic heterocycles. The Balaban J connectivity index is 1.86. The molecule has 0 aliphatic carbocycles. The van der Waals surface area contributed by atoms with E-state index in [1.165, 1.54) is 4.68 Å². The molecule has 6 heteroatoms. The molecular weight excluding hydrogens is 432 g/mol. The average Bonchev–Trinajstić information content (AvgIpc) is 2.71. The Morgan fingerprint density at radius 3 is 2.55 bits per heavy atom. The fourth-order valence-corrected chi connectivity index (χ4v) is 3.45. The minimum Gasteiger partial charge on any atom is -0.497 e. The predicted molar refractivity (Wildman–Crippen MR) is 117 cm³/mol. The highest BCUT2D eigenvalue weighted by molar-refractivity contribution is 9.10. The lowest BCUT2D eigenvalue weighted by Gasteiger charge is -2.15. The van der Waals surface area contributed by atoms with E-state index in [1.807, 2.05) is 55.5 Å². The highest BCUT2D eigenvalue weighted by Gasteiger charge is 2.20. The molecule has 0 saturated carbocycles. The number of hydrogen-bond acceptors (Lipinski definition) is 4. The minimum absolute atomic E-state index is 0.0557. The van der Waals surface area contributed by atoms with E-state index in [2.05, 4.69) is 21.0 Å². The van der Waals surface area contributed by atoms with Crippen LogP contribution in [0, 0.1) is 6.92 Å². The smallest absolute Gasteiger partial charge is 0.270 e. The third-order valence-electron chi connectivity index (χ3n) is 4.78. The second-order valence-corrected chi connectivity index (χ2v) is 7.95. The first-order valence-corrected chi connectivity index (χ1v) is 10.2. The molecule has 0 N–H and O–H groups in total. The zero-order valence-corrected chi connectivity index (χ0v) is 18.3. The second kappa shape index (κ2) is 9.18. The van der Waals surface area contributed by atoms with E-state index in [0.717, 1.165) is 21.3 Å². The lowest BCUT2D eigenvalue weighted by molar-refractivity contribution is -0.121. The molecule has 0 saturated heterocycles. The Morgan fingerprint density at radius 2 is 1.86 bits per heavy atom. The first kappa shape index (κ1) is 21.0. The summed E-state index contributed by atoms with van der Waals surface area (Å²) in [6.45, 7) is 3.56. The second-order valence-electron chi connectivity index (χ2n) is 7.03. The number of rotatable bonds is 7. The number of carbonyl (C=O) groups excluding carboxylic acids is 1. The zero-order chi connectivity index (χ0) is 21.0. The van der Waals surface area contributed by atoms with Crippen LogP contribution in [0.3, 0.4) is 0 Å². The number of hydrogen-bond donors (Lipinski definition) is 0. The van der Waals surface area contributed by atoms with Crippen LogP contribution in [0.25, 0.3) is 0 Å². The molecule has 0 aliphatic heterocycles. The van der Waals surface area contributed by atoms with Crippen LogP contribution >= 0.6 is 15.9 Å². The minimum atomic E-state index is -0.643. The maximum atomic E-state index is 13.0. The molecule has 0 fully saturated rings. The van der Waals surface area contributed by atoms with Gasteiger partial charge in [0.2, 0.25) is 0 Å². The summed E-state index contributed by atoms with van der Waals surface area (Å²) in [5.74, 6) is 0.687. The molecule has 1 atom stereocenters. The standard InChI is InChI=1S/C23H23BrN2O3/c1-15-11-19(12-18-5-4-6-21(13-18)29-3)23(28)26(25-15)16(2)22(27)14-17-7-9-20(24)10-8-17/h4-11,13,16H,12,14H2,1-3H3. The highest BCUT2D eigenvalue weighted by atomic mass is 79.9. The van der Waals surface area contributed by atoms with Gasteiger partial charge in [0.15, 0.2) is 5.78 Å². The number of carbonyl (C=O) groups is 1. The van der Waals surface area contributed by atoms with Crippen molar-refractivity contribution in [3.8, 4) is 5.75 Å². The Labute approximate surface area is 178 Å². The van der Waals surface area contributed by atoms with Gasteiger partial charge in [-0.1, -0.05) is 40.2 Å².